The fraction of sp³-hybridized carbons (Fsp3) is 0.125. The van der Waals surface area contributed by atoms with Gasteiger partial charge >= 0.3 is 0 Å². The van der Waals surface area contributed by atoms with Gasteiger partial charge in [0.25, 0.3) is 0 Å². The van der Waals surface area contributed by atoms with Gasteiger partial charge in [-0.3, -0.25) is 0 Å². The van der Waals surface area contributed by atoms with Crippen LogP contribution in [0.4, 0.5) is 5.13 Å². The Morgan fingerprint density at radius 1 is 1.54 bits per heavy atom. The molecule has 0 atom stereocenters. The summed E-state index contributed by atoms with van der Waals surface area (Å²) in [7, 11) is 0. The van der Waals surface area contributed by atoms with Gasteiger partial charge in [0.1, 0.15) is 0 Å². The monoisotopic (exact) mass is 228 g/mol. The van der Waals surface area contributed by atoms with Crippen molar-refractivity contribution < 1.29 is 0 Å². The Morgan fingerprint density at radius 3 is 3.08 bits per heavy atom. The van der Waals surface area contributed by atoms with Crippen molar-refractivity contribution in [3.05, 3.63) is 28.6 Å². The number of aromatic nitrogens is 1. The van der Waals surface area contributed by atoms with E-state index in [1.54, 1.807) is 34.4 Å². The number of nitrogens with two attached hydrogens (primary N) is 1. The van der Waals surface area contributed by atoms with Crippen molar-refractivity contribution in [3.63, 3.8) is 0 Å². The molecule has 2 aromatic rings. The summed E-state index contributed by atoms with van der Waals surface area (Å²) in [6.07, 6.45) is 1.83. The van der Waals surface area contributed by atoms with Crippen molar-refractivity contribution >= 4 is 39.6 Å². The van der Waals surface area contributed by atoms with Gasteiger partial charge < -0.3 is 5.73 Å². The summed E-state index contributed by atoms with van der Waals surface area (Å²) >= 11 is 5.11. The Balaban J connectivity index is 1.93. The first-order chi connectivity index (χ1) is 6.34. The maximum Gasteiger partial charge on any atom is 0.181 e. The van der Waals surface area contributed by atoms with Crippen molar-refractivity contribution in [2.75, 3.05) is 5.73 Å². The topological polar surface area (TPSA) is 38.9 Å². The van der Waals surface area contributed by atoms with Gasteiger partial charge in [-0.25, -0.2) is 4.98 Å². The molecule has 2 heterocycles. The lowest BCUT2D eigenvalue weighted by molar-refractivity contribution is 1.37. The highest BCUT2D eigenvalue weighted by molar-refractivity contribution is 8.00. The second-order valence-electron chi connectivity index (χ2n) is 2.39. The summed E-state index contributed by atoms with van der Waals surface area (Å²) in [4.78, 5) is 5.38. The Hall–Kier alpha value is -0.520. The number of nitrogen functional groups attached to an aromatic ring is 1. The molecule has 0 saturated carbocycles. The molecular formula is C8H8N2S3. The molecule has 2 nitrogen and oxygen atoms in total. The molecular weight excluding hydrogens is 220 g/mol. The minimum atomic E-state index is 0.647. The lowest BCUT2D eigenvalue weighted by atomic mass is 10.5. The second kappa shape index (κ2) is 4.13. The maximum absolute atomic E-state index is 5.52. The second-order valence-corrected chi connectivity index (χ2v) is 5.76. The van der Waals surface area contributed by atoms with Crippen LogP contribution in [0.15, 0.2) is 27.9 Å². The van der Waals surface area contributed by atoms with Gasteiger partial charge in [-0.15, -0.1) is 23.1 Å². The van der Waals surface area contributed by atoms with Crippen molar-refractivity contribution in [2.24, 2.45) is 0 Å². The lowest BCUT2D eigenvalue weighted by Crippen LogP contribution is -1.77. The van der Waals surface area contributed by atoms with Crippen molar-refractivity contribution in [2.45, 2.75) is 9.96 Å². The summed E-state index contributed by atoms with van der Waals surface area (Å²) in [6.45, 7) is 0. The van der Waals surface area contributed by atoms with E-state index in [0.717, 1.165) is 5.75 Å². The van der Waals surface area contributed by atoms with Crippen LogP contribution in [-0.4, -0.2) is 4.98 Å². The van der Waals surface area contributed by atoms with Gasteiger partial charge in [-0.1, -0.05) is 17.4 Å². The third-order valence-electron chi connectivity index (χ3n) is 1.44. The molecule has 0 spiro atoms. The predicted octanol–water partition coefficient (Wildman–Crippen LogP) is 3.08. The van der Waals surface area contributed by atoms with Crippen molar-refractivity contribution in [1.29, 1.82) is 0 Å². The number of hydrogen-bond donors (Lipinski definition) is 1. The minimum absolute atomic E-state index is 0.647. The number of hydrogen-bond acceptors (Lipinski definition) is 5. The summed E-state index contributed by atoms with van der Waals surface area (Å²) in [6, 6.07) is 4.21. The largest absolute Gasteiger partial charge is 0.375 e. The van der Waals surface area contributed by atoms with Crippen LogP contribution in [0.2, 0.25) is 0 Å². The van der Waals surface area contributed by atoms with Gasteiger partial charge in [-0.05, 0) is 11.4 Å². The highest BCUT2D eigenvalue weighted by Gasteiger charge is 2.00. The van der Waals surface area contributed by atoms with Gasteiger partial charge in [0, 0.05) is 10.6 Å². The summed E-state index contributed by atoms with van der Waals surface area (Å²) in [5.41, 5.74) is 5.52. The zero-order chi connectivity index (χ0) is 9.10. The molecule has 0 aliphatic heterocycles. The van der Waals surface area contributed by atoms with E-state index in [1.807, 2.05) is 6.20 Å². The number of nitrogens with zero attached hydrogens (tertiary/aromatic N) is 1. The molecule has 0 saturated heterocycles. The molecule has 0 aliphatic rings. The van der Waals surface area contributed by atoms with E-state index in [4.69, 9.17) is 5.73 Å². The first-order valence-electron chi connectivity index (χ1n) is 3.71. The first kappa shape index (κ1) is 9.05. The minimum Gasteiger partial charge on any atom is -0.375 e. The molecule has 13 heavy (non-hydrogen) atoms. The van der Waals surface area contributed by atoms with Crippen LogP contribution in [0.25, 0.3) is 0 Å². The van der Waals surface area contributed by atoms with E-state index in [0.29, 0.717) is 5.13 Å². The summed E-state index contributed by atoms with van der Waals surface area (Å²) < 4.78 is 1.19. The van der Waals surface area contributed by atoms with Crippen LogP contribution >= 0.6 is 34.4 Å². The quantitative estimate of drug-likeness (QED) is 0.821. The fourth-order valence-corrected chi connectivity index (χ4v) is 3.41. The molecule has 0 aromatic carbocycles. The van der Waals surface area contributed by atoms with Gasteiger partial charge in [-0.2, -0.15) is 0 Å². The van der Waals surface area contributed by atoms with E-state index in [1.165, 1.54) is 9.09 Å². The van der Waals surface area contributed by atoms with Crippen molar-refractivity contribution in [1.82, 2.24) is 4.98 Å². The molecule has 2 aromatic heterocycles. The number of rotatable bonds is 3. The fourth-order valence-electron chi connectivity index (χ4n) is 0.876. The Labute approximate surface area is 88.8 Å². The summed E-state index contributed by atoms with van der Waals surface area (Å²) in [5, 5.41) is 2.74. The van der Waals surface area contributed by atoms with E-state index in [2.05, 4.69) is 22.5 Å². The zero-order valence-corrected chi connectivity index (χ0v) is 9.22. The molecule has 0 amide bonds. The van der Waals surface area contributed by atoms with Crippen LogP contribution < -0.4 is 5.73 Å². The van der Waals surface area contributed by atoms with E-state index in [-0.39, 0.29) is 0 Å². The molecule has 2 N–H and O–H groups in total. The van der Waals surface area contributed by atoms with Crippen LogP contribution in [0.1, 0.15) is 4.88 Å². The number of thiazole rings is 1. The average Bonchev–Trinajstić information content (AvgIpc) is 2.71. The highest BCUT2D eigenvalue weighted by Crippen LogP contribution is 2.30. The Bertz CT molecular complexity index is 366. The number of anilines is 1. The number of thioether (sulfide) groups is 1. The highest BCUT2D eigenvalue weighted by atomic mass is 32.2. The normalized spacial score (nSPS) is 10.5. The average molecular weight is 228 g/mol. The Morgan fingerprint density at radius 2 is 2.46 bits per heavy atom. The van der Waals surface area contributed by atoms with E-state index >= 15 is 0 Å². The predicted molar refractivity (Wildman–Crippen MR) is 60.4 cm³/mol. The van der Waals surface area contributed by atoms with Gasteiger partial charge in [0.05, 0.1) is 10.4 Å². The third kappa shape index (κ3) is 2.46. The smallest absolute Gasteiger partial charge is 0.181 e. The Kier molecular flexibility index (Phi) is 2.87. The molecule has 0 radical (unpaired) electrons. The third-order valence-corrected chi connectivity index (χ3v) is 4.57. The van der Waals surface area contributed by atoms with Crippen LogP contribution in [0.3, 0.4) is 0 Å². The van der Waals surface area contributed by atoms with E-state index < -0.39 is 0 Å². The number of thiophene rings is 1. The molecule has 0 fully saturated rings. The standard InChI is InChI=1S/C8H8N2S3/c9-8-10-4-7(13-8)12-5-6-2-1-3-11-6/h1-4H,5H2,(H2,9,10). The molecule has 0 aliphatic carbocycles. The first-order valence-corrected chi connectivity index (χ1v) is 6.39. The summed E-state index contributed by atoms with van der Waals surface area (Å²) in [5.74, 6) is 1.01. The van der Waals surface area contributed by atoms with Crippen molar-refractivity contribution in [3.8, 4) is 0 Å². The zero-order valence-electron chi connectivity index (χ0n) is 6.77. The van der Waals surface area contributed by atoms with Crippen LogP contribution in [-0.2, 0) is 5.75 Å². The lowest BCUT2D eigenvalue weighted by Gasteiger charge is -1.92. The van der Waals surface area contributed by atoms with Crippen LogP contribution in [0.5, 0.6) is 0 Å². The van der Waals surface area contributed by atoms with Gasteiger partial charge in [0.15, 0.2) is 5.13 Å². The molecule has 0 bridgehead atoms. The molecule has 0 unspecified atom stereocenters. The van der Waals surface area contributed by atoms with Crippen LogP contribution in [0, 0.1) is 0 Å². The molecule has 5 heteroatoms. The SMILES string of the molecule is Nc1ncc(SCc2cccs2)s1. The van der Waals surface area contributed by atoms with E-state index in [9.17, 15) is 0 Å². The molecule has 2 rings (SSSR count). The van der Waals surface area contributed by atoms with Gasteiger partial charge in [0.2, 0.25) is 0 Å². The molecule has 68 valence electrons. The maximum atomic E-state index is 5.52.